The molecular formula is C11H23N. The first kappa shape index (κ1) is 10.0. The maximum Gasteiger partial charge on any atom is 0.00956 e. The van der Waals surface area contributed by atoms with Gasteiger partial charge in [-0.05, 0) is 29.6 Å². The molecule has 1 saturated carbocycles. The topological polar surface area (TPSA) is 26.0 Å². The summed E-state index contributed by atoms with van der Waals surface area (Å²) in [6.07, 6.45) is 0. The fraction of sp³-hybridized carbons (Fsp3) is 1.00. The lowest BCUT2D eigenvalue weighted by atomic mass is 9.62. The van der Waals surface area contributed by atoms with Crippen molar-refractivity contribution < 1.29 is 0 Å². The third-order valence-electron chi connectivity index (χ3n) is 4.53. The molecule has 0 spiro atoms. The van der Waals surface area contributed by atoms with Gasteiger partial charge >= 0.3 is 0 Å². The molecule has 4 unspecified atom stereocenters. The fourth-order valence-electron chi connectivity index (χ4n) is 2.62. The predicted octanol–water partition coefficient (Wildman–Crippen LogP) is 2.51. The minimum Gasteiger partial charge on any atom is -0.327 e. The van der Waals surface area contributed by atoms with Gasteiger partial charge in [0.15, 0.2) is 0 Å². The standard InChI is InChI=1S/C11H23N/c1-6-7(2)9(4)11(12)10(5)8(6)3/h6-11H,12H2,1-5H3. The van der Waals surface area contributed by atoms with Crippen molar-refractivity contribution in [1.82, 2.24) is 0 Å². The van der Waals surface area contributed by atoms with Crippen molar-refractivity contribution in [3.8, 4) is 0 Å². The SMILES string of the molecule is CC1C(C)C(C)C(N)C(C)C1C. The minimum atomic E-state index is 0.409. The van der Waals surface area contributed by atoms with Gasteiger partial charge in [0, 0.05) is 6.04 Å². The summed E-state index contributed by atoms with van der Waals surface area (Å²) < 4.78 is 0. The Morgan fingerprint density at radius 3 is 1.17 bits per heavy atom. The van der Waals surface area contributed by atoms with Gasteiger partial charge in [-0.15, -0.1) is 0 Å². The van der Waals surface area contributed by atoms with Gasteiger partial charge in [0.2, 0.25) is 0 Å². The molecule has 0 aromatic carbocycles. The van der Waals surface area contributed by atoms with E-state index < -0.39 is 0 Å². The molecule has 1 rings (SSSR count). The predicted molar refractivity (Wildman–Crippen MR) is 53.8 cm³/mol. The molecule has 12 heavy (non-hydrogen) atoms. The minimum absolute atomic E-state index is 0.409. The van der Waals surface area contributed by atoms with Crippen LogP contribution in [0.3, 0.4) is 0 Å². The number of hydrogen-bond donors (Lipinski definition) is 1. The fourth-order valence-corrected chi connectivity index (χ4v) is 2.62. The van der Waals surface area contributed by atoms with E-state index in [0.717, 1.165) is 17.8 Å². The summed E-state index contributed by atoms with van der Waals surface area (Å²) in [6, 6.07) is 0.409. The Kier molecular flexibility index (Phi) is 2.82. The highest BCUT2D eigenvalue weighted by molar-refractivity contribution is 4.91. The van der Waals surface area contributed by atoms with Gasteiger partial charge in [-0.25, -0.2) is 0 Å². The molecule has 72 valence electrons. The molecular weight excluding hydrogens is 146 g/mol. The summed E-state index contributed by atoms with van der Waals surface area (Å²) in [4.78, 5) is 0. The van der Waals surface area contributed by atoms with Crippen LogP contribution in [-0.4, -0.2) is 6.04 Å². The van der Waals surface area contributed by atoms with Crippen molar-refractivity contribution in [3.05, 3.63) is 0 Å². The molecule has 0 heterocycles. The Bertz CT molecular complexity index is 96.6. The van der Waals surface area contributed by atoms with Crippen LogP contribution < -0.4 is 5.73 Å². The van der Waals surface area contributed by atoms with E-state index in [4.69, 9.17) is 5.73 Å². The normalized spacial score (nSPS) is 55.5. The van der Waals surface area contributed by atoms with Gasteiger partial charge in [-0.1, -0.05) is 34.6 Å². The Hall–Kier alpha value is -0.0400. The zero-order valence-corrected chi connectivity index (χ0v) is 9.04. The van der Waals surface area contributed by atoms with E-state index >= 15 is 0 Å². The van der Waals surface area contributed by atoms with Gasteiger partial charge in [-0.3, -0.25) is 0 Å². The first-order valence-electron chi connectivity index (χ1n) is 5.22. The molecule has 0 aliphatic heterocycles. The van der Waals surface area contributed by atoms with Gasteiger partial charge in [0.25, 0.3) is 0 Å². The second-order valence-corrected chi connectivity index (χ2v) is 4.87. The van der Waals surface area contributed by atoms with Crippen LogP contribution >= 0.6 is 0 Å². The average Bonchev–Trinajstić information content (AvgIpc) is 2.08. The van der Waals surface area contributed by atoms with E-state index in [1.165, 1.54) is 0 Å². The summed E-state index contributed by atoms with van der Waals surface area (Å²) in [5, 5.41) is 0. The quantitative estimate of drug-likeness (QED) is 0.592. The molecule has 1 nitrogen and oxygen atoms in total. The average molecular weight is 169 g/mol. The molecule has 0 aromatic heterocycles. The van der Waals surface area contributed by atoms with Crippen LogP contribution in [0, 0.1) is 29.6 Å². The Labute approximate surface area is 76.7 Å². The highest BCUT2D eigenvalue weighted by Gasteiger charge is 2.38. The molecule has 1 aliphatic rings. The van der Waals surface area contributed by atoms with E-state index in [2.05, 4.69) is 34.6 Å². The van der Waals surface area contributed by atoms with Crippen LogP contribution in [0.5, 0.6) is 0 Å². The summed E-state index contributed by atoms with van der Waals surface area (Å²) >= 11 is 0. The van der Waals surface area contributed by atoms with Gasteiger partial charge < -0.3 is 5.73 Å². The Morgan fingerprint density at radius 1 is 0.583 bits per heavy atom. The van der Waals surface area contributed by atoms with Crippen molar-refractivity contribution in [2.75, 3.05) is 0 Å². The largest absolute Gasteiger partial charge is 0.327 e. The molecule has 4 atom stereocenters. The smallest absolute Gasteiger partial charge is 0.00956 e. The summed E-state index contributed by atoms with van der Waals surface area (Å²) in [6.45, 7) is 11.7. The third kappa shape index (κ3) is 1.39. The summed E-state index contributed by atoms with van der Waals surface area (Å²) in [5.41, 5.74) is 6.16. The highest BCUT2D eigenvalue weighted by Crippen LogP contribution is 2.40. The van der Waals surface area contributed by atoms with Crippen LogP contribution in [-0.2, 0) is 0 Å². The molecule has 0 bridgehead atoms. The van der Waals surface area contributed by atoms with Crippen LogP contribution in [0.1, 0.15) is 34.6 Å². The highest BCUT2D eigenvalue weighted by atomic mass is 14.7. The van der Waals surface area contributed by atoms with E-state index in [-0.39, 0.29) is 0 Å². The van der Waals surface area contributed by atoms with Crippen LogP contribution in [0.25, 0.3) is 0 Å². The molecule has 1 aliphatic carbocycles. The molecule has 0 amide bonds. The van der Waals surface area contributed by atoms with Crippen molar-refractivity contribution in [1.29, 1.82) is 0 Å². The summed E-state index contributed by atoms with van der Waals surface area (Å²) in [7, 11) is 0. The van der Waals surface area contributed by atoms with Crippen molar-refractivity contribution >= 4 is 0 Å². The molecule has 1 fully saturated rings. The van der Waals surface area contributed by atoms with E-state index in [0.29, 0.717) is 17.9 Å². The van der Waals surface area contributed by atoms with E-state index in [9.17, 15) is 0 Å². The molecule has 2 N–H and O–H groups in total. The molecule has 0 radical (unpaired) electrons. The van der Waals surface area contributed by atoms with Crippen molar-refractivity contribution in [3.63, 3.8) is 0 Å². The number of hydrogen-bond acceptors (Lipinski definition) is 1. The van der Waals surface area contributed by atoms with Gasteiger partial charge in [0.05, 0.1) is 0 Å². The molecule has 0 aromatic rings. The van der Waals surface area contributed by atoms with E-state index in [1.807, 2.05) is 0 Å². The lowest BCUT2D eigenvalue weighted by molar-refractivity contribution is 0.0624. The van der Waals surface area contributed by atoms with Gasteiger partial charge in [-0.2, -0.15) is 0 Å². The van der Waals surface area contributed by atoms with Crippen molar-refractivity contribution in [2.45, 2.75) is 40.7 Å². The maximum atomic E-state index is 6.16. The first-order chi connectivity index (χ1) is 5.46. The zero-order valence-electron chi connectivity index (χ0n) is 9.04. The van der Waals surface area contributed by atoms with Crippen LogP contribution in [0.4, 0.5) is 0 Å². The second-order valence-electron chi connectivity index (χ2n) is 4.87. The number of rotatable bonds is 0. The monoisotopic (exact) mass is 169 g/mol. The first-order valence-corrected chi connectivity index (χ1v) is 5.22. The zero-order chi connectivity index (χ0) is 9.46. The lowest BCUT2D eigenvalue weighted by Gasteiger charge is -2.45. The maximum absolute atomic E-state index is 6.16. The number of nitrogens with two attached hydrogens (primary N) is 1. The lowest BCUT2D eigenvalue weighted by Crippen LogP contribution is -2.49. The third-order valence-corrected chi connectivity index (χ3v) is 4.53. The van der Waals surface area contributed by atoms with Crippen LogP contribution in [0.2, 0.25) is 0 Å². The van der Waals surface area contributed by atoms with Crippen molar-refractivity contribution in [2.24, 2.45) is 35.3 Å². The van der Waals surface area contributed by atoms with E-state index in [1.54, 1.807) is 0 Å². The second kappa shape index (κ2) is 3.37. The Morgan fingerprint density at radius 2 is 0.833 bits per heavy atom. The molecule has 0 saturated heterocycles. The van der Waals surface area contributed by atoms with Gasteiger partial charge in [0.1, 0.15) is 0 Å². The summed E-state index contributed by atoms with van der Waals surface area (Å²) in [5.74, 6) is 3.77. The Balaban J connectivity index is 2.76. The molecule has 1 heteroatoms. The van der Waals surface area contributed by atoms with Crippen LogP contribution in [0.15, 0.2) is 0 Å².